The van der Waals surface area contributed by atoms with Crippen molar-refractivity contribution in [3.05, 3.63) is 59.1 Å². The minimum atomic E-state index is -3.90. The highest BCUT2D eigenvalue weighted by molar-refractivity contribution is 7.89. The first-order valence-electron chi connectivity index (χ1n) is 8.60. The molecule has 0 aliphatic heterocycles. The predicted molar refractivity (Wildman–Crippen MR) is 108 cm³/mol. The molecule has 0 aliphatic rings. The Kier molecular flexibility index (Phi) is 7.99. The largest absolute Gasteiger partial charge is 0.382 e. The molecule has 0 spiro atoms. The van der Waals surface area contributed by atoms with Crippen LogP contribution in [0.2, 0.25) is 5.02 Å². The van der Waals surface area contributed by atoms with Gasteiger partial charge >= 0.3 is 0 Å². The molecule has 2 aromatic rings. The van der Waals surface area contributed by atoms with E-state index < -0.39 is 20.0 Å². The van der Waals surface area contributed by atoms with Crippen LogP contribution in [0.15, 0.2) is 58.3 Å². The number of halogens is 1. The molecule has 0 saturated heterocycles. The molecular weight excluding hydrogens is 424 g/mol. The van der Waals surface area contributed by atoms with Crippen LogP contribution in [0.5, 0.6) is 0 Å². The lowest BCUT2D eigenvalue weighted by molar-refractivity contribution is 0.140. The Balaban J connectivity index is 2.32. The molecule has 0 aliphatic carbocycles. The average Bonchev–Trinajstić information content (AvgIpc) is 2.65. The minimum absolute atomic E-state index is 0.0247. The number of sulfonamides is 2. The van der Waals surface area contributed by atoms with Gasteiger partial charge in [-0.15, -0.1) is 0 Å². The molecule has 2 aromatic carbocycles. The van der Waals surface area contributed by atoms with Crippen LogP contribution in [0.4, 0.5) is 0 Å². The van der Waals surface area contributed by atoms with E-state index in [1.54, 1.807) is 24.3 Å². The number of hydrogen-bond acceptors (Lipinski definition) is 5. The minimum Gasteiger partial charge on any atom is -0.382 e. The molecule has 154 valence electrons. The molecule has 0 atom stereocenters. The Morgan fingerprint density at radius 1 is 1.00 bits per heavy atom. The van der Waals surface area contributed by atoms with E-state index in [0.29, 0.717) is 30.2 Å². The molecule has 2 rings (SSSR count). The zero-order valence-corrected chi connectivity index (χ0v) is 17.8. The molecule has 0 heterocycles. The van der Waals surface area contributed by atoms with Crippen molar-refractivity contribution in [1.29, 1.82) is 0 Å². The van der Waals surface area contributed by atoms with Crippen molar-refractivity contribution in [2.45, 2.75) is 29.7 Å². The lowest BCUT2D eigenvalue weighted by Gasteiger charge is -2.23. The van der Waals surface area contributed by atoms with Crippen LogP contribution < -0.4 is 5.14 Å². The van der Waals surface area contributed by atoms with E-state index in [-0.39, 0.29) is 22.9 Å². The van der Waals surface area contributed by atoms with E-state index >= 15 is 0 Å². The van der Waals surface area contributed by atoms with Gasteiger partial charge in [-0.3, -0.25) is 0 Å². The number of ether oxygens (including phenoxy) is 1. The maximum absolute atomic E-state index is 13.1. The summed E-state index contributed by atoms with van der Waals surface area (Å²) in [5.41, 5.74) is 0.672. The quantitative estimate of drug-likeness (QED) is 0.564. The Bertz CT molecular complexity index is 993. The molecule has 0 fully saturated rings. The monoisotopic (exact) mass is 446 g/mol. The summed E-state index contributed by atoms with van der Waals surface area (Å²) in [6.07, 6.45) is 0.507. The number of rotatable bonds is 10. The first kappa shape index (κ1) is 22.8. The third-order valence-corrected chi connectivity index (χ3v) is 7.15. The lowest BCUT2D eigenvalue weighted by Crippen LogP contribution is -2.32. The maximum Gasteiger partial charge on any atom is 0.243 e. The fourth-order valence-corrected chi connectivity index (χ4v) is 4.71. The topological polar surface area (TPSA) is 107 Å². The van der Waals surface area contributed by atoms with Crippen molar-refractivity contribution < 1.29 is 21.6 Å². The second-order valence-electron chi connectivity index (χ2n) is 6.00. The van der Waals surface area contributed by atoms with E-state index in [9.17, 15) is 16.8 Å². The number of hydrogen-bond donors (Lipinski definition) is 1. The molecule has 0 amide bonds. The van der Waals surface area contributed by atoms with E-state index in [1.807, 2.05) is 6.92 Å². The molecular formula is C18H23ClN2O5S2. The zero-order chi connectivity index (χ0) is 20.8. The van der Waals surface area contributed by atoms with Crippen molar-refractivity contribution in [1.82, 2.24) is 4.31 Å². The fraction of sp³-hybridized carbons (Fsp3) is 0.333. The highest BCUT2D eigenvalue weighted by Gasteiger charge is 2.25. The SMILES string of the molecule is CCOCCCN(Cc1ccccc1Cl)S(=O)(=O)c1ccc(S(N)(=O)=O)cc1. The molecule has 0 radical (unpaired) electrons. The van der Waals surface area contributed by atoms with E-state index in [1.165, 1.54) is 28.6 Å². The van der Waals surface area contributed by atoms with E-state index in [4.69, 9.17) is 21.5 Å². The number of benzene rings is 2. The van der Waals surface area contributed by atoms with Gasteiger partial charge in [-0.05, 0) is 49.2 Å². The van der Waals surface area contributed by atoms with Crippen molar-refractivity contribution in [3.8, 4) is 0 Å². The standard InChI is InChI=1S/C18H23ClN2O5S2/c1-2-26-13-5-12-21(14-15-6-3-4-7-18(15)19)28(24,25)17-10-8-16(9-11-17)27(20,22)23/h3-4,6-11H,2,5,12-14H2,1H3,(H2,20,22,23). The van der Waals surface area contributed by atoms with Crippen molar-refractivity contribution in [3.63, 3.8) is 0 Å². The van der Waals surface area contributed by atoms with Gasteiger partial charge in [-0.2, -0.15) is 4.31 Å². The van der Waals surface area contributed by atoms with E-state index in [2.05, 4.69) is 0 Å². The fourth-order valence-electron chi connectivity index (χ4n) is 2.54. The number of nitrogens with zero attached hydrogens (tertiary/aromatic N) is 1. The summed E-state index contributed by atoms with van der Waals surface area (Å²) in [4.78, 5) is -0.177. The van der Waals surface area contributed by atoms with Gasteiger partial charge in [0.15, 0.2) is 0 Å². The van der Waals surface area contributed by atoms with E-state index in [0.717, 1.165) is 0 Å². The van der Waals surface area contributed by atoms with Crippen LogP contribution in [-0.2, 0) is 31.3 Å². The molecule has 0 bridgehead atoms. The molecule has 2 N–H and O–H groups in total. The highest BCUT2D eigenvalue weighted by Crippen LogP contribution is 2.23. The highest BCUT2D eigenvalue weighted by atomic mass is 35.5. The molecule has 0 unspecified atom stereocenters. The summed E-state index contributed by atoms with van der Waals surface area (Å²) in [6.45, 7) is 3.16. The van der Waals surface area contributed by atoms with Gasteiger partial charge in [-0.25, -0.2) is 22.0 Å². The Hall–Kier alpha value is -1.49. The second kappa shape index (κ2) is 9.82. The summed E-state index contributed by atoms with van der Waals surface area (Å²) in [5.74, 6) is 0. The normalized spacial score (nSPS) is 12.4. The van der Waals surface area contributed by atoms with Crippen LogP contribution in [-0.4, -0.2) is 40.9 Å². The van der Waals surface area contributed by atoms with Gasteiger partial charge in [0.05, 0.1) is 9.79 Å². The molecule has 10 heteroatoms. The Morgan fingerprint density at radius 3 is 2.18 bits per heavy atom. The Labute approximate surface area is 171 Å². The second-order valence-corrected chi connectivity index (χ2v) is 9.90. The van der Waals surface area contributed by atoms with Gasteiger partial charge < -0.3 is 4.74 Å². The molecule has 7 nitrogen and oxygen atoms in total. The summed E-state index contributed by atoms with van der Waals surface area (Å²) in [5, 5.41) is 5.54. The summed E-state index contributed by atoms with van der Waals surface area (Å²) in [7, 11) is -7.78. The summed E-state index contributed by atoms with van der Waals surface area (Å²) in [6, 6.07) is 11.8. The zero-order valence-electron chi connectivity index (χ0n) is 15.4. The Morgan fingerprint density at radius 2 is 1.61 bits per heavy atom. The first-order chi connectivity index (χ1) is 13.2. The average molecular weight is 447 g/mol. The van der Waals surface area contributed by atoms with Crippen LogP contribution in [0.25, 0.3) is 0 Å². The molecule has 28 heavy (non-hydrogen) atoms. The third-order valence-electron chi connectivity index (χ3n) is 3.99. The van der Waals surface area contributed by atoms with Crippen LogP contribution in [0, 0.1) is 0 Å². The summed E-state index contributed by atoms with van der Waals surface area (Å²) < 4.78 is 55.7. The maximum atomic E-state index is 13.1. The van der Waals surface area contributed by atoms with Gasteiger partial charge in [-0.1, -0.05) is 29.8 Å². The van der Waals surface area contributed by atoms with Gasteiger partial charge in [0.25, 0.3) is 0 Å². The number of nitrogens with two attached hydrogens (primary N) is 1. The van der Waals surface area contributed by atoms with Gasteiger partial charge in [0, 0.05) is 31.3 Å². The smallest absolute Gasteiger partial charge is 0.243 e. The van der Waals surface area contributed by atoms with Crippen LogP contribution in [0.3, 0.4) is 0 Å². The van der Waals surface area contributed by atoms with Crippen molar-refractivity contribution in [2.75, 3.05) is 19.8 Å². The number of primary sulfonamides is 1. The lowest BCUT2D eigenvalue weighted by atomic mass is 10.2. The first-order valence-corrected chi connectivity index (χ1v) is 12.0. The molecule has 0 saturated carbocycles. The van der Waals surface area contributed by atoms with Crippen LogP contribution in [0.1, 0.15) is 18.9 Å². The van der Waals surface area contributed by atoms with Crippen LogP contribution >= 0.6 is 11.6 Å². The van der Waals surface area contributed by atoms with Crippen molar-refractivity contribution in [2.24, 2.45) is 5.14 Å². The van der Waals surface area contributed by atoms with Crippen molar-refractivity contribution >= 4 is 31.6 Å². The summed E-state index contributed by atoms with van der Waals surface area (Å²) >= 11 is 6.19. The van der Waals surface area contributed by atoms with Gasteiger partial charge in [0.1, 0.15) is 0 Å². The predicted octanol–water partition coefficient (Wildman–Crippen LogP) is 2.60. The van der Waals surface area contributed by atoms with Gasteiger partial charge in [0.2, 0.25) is 20.0 Å². The third kappa shape index (κ3) is 6.00. The molecule has 0 aromatic heterocycles.